The number of nitrogens with zero attached hydrogens (tertiary/aromatic N) is 5. The van der Waals surface area contributed by atoms with E-state index in [4.69, 9.17) is 4.74 Å². The molecule has 0 radical (unpaired) electrons. The van der Waals surface area contributed by atoms with E-state index in [0.29, 0.717) is 36.1 Å². The zero-order chi connectivity index (χ0) is 27.0. The molecule has 202 valence electrons. The number of halogens is 2. The summed E-state index contributed by atoms with van der Waals surface area (Å²) in [7, 11) is 4.19. The molecule has 2 aliphatic heterocycles. The monoisotopic (exact) mass is 521 g/mol. The second-order valence-corrected chi connectivity index (χ2v) is 10.9. The van der Waals surface area contributed by atoms with E-state index in [1.807, 2.05) is 31.2 Å². The maximum Gasteiger partial charge on any atom is 0.167 e. The van der Waals surface area contributed by atoms with Gasteiger partial charge in [0.05, 0.1) is 24.1 Å². The van der Waals surface area contributed by atoms with E-state index in [-0.39, 0.29) is 17.6 Å². The summed E-state index contributed by atoms with van der Waals surface area (Å²) in [6, 6.07) is 10.0. The van der Waals surface area contributed by atoms with Gasteiger partial charge in [-0.15, -0.1) is 0 Å². The first-order valence-electron chi connectivity index (χ1n) is 13.5. The van der Waals surface area contributed by atoms with Gasteiger partial charge in [-0.2, -0.15) is 0 Å². The van der Waals surface area contributed by atoms with Crippen molar-refractivity contribution in [2.75, 3.05) is 50.1 Å². The molecule has 0 bridgehead atoms. The van der Waals surface area contributed by atoms with Crippen molar-refractivity contribution < 1.29 is 13.5 Å². The first kappa shape index (κ1) is 26.4. The molecular weight excluding hydrogens is 484 g/mol. The Morgan fingerprint density at radius 3 is 2.47 bits per heavy atom. The topological polar surface area (TPSA) is 44.7 Å². The smallest absolute Gasteiger partial charge is 0.167 e. The van der Waals surface area contributed by atoms with Gasteiger partial charge in [0.15, 0.2) is 5.82 Å². The fourth-order valence-electron chi connectivity index (χ4n) is 5.61. The Labute approximate surface area is 224 Å². The molecule has 1 saturated heterocycles. The van der Waals surface area contributed by atoms with Crippen LogP contribution in [0.15, 0.2) is 36.5 Å². The van der Waals surface area contributed by atoms with E-state index in [1.165, 1.54) is 6.20 Å². The van der Waals surface area contributed by atoms with Gasteiger partial charge in [-0.05, 0) is 83.1 Å². The van der Waals surface area contributed by atoms with Gasteiger partial charge < -0.3 is 19.4 Å². The molecule has 1 fully saturated rings. The lowest BCUT2D eigenvalue weighted by Gasteiger charge is -2.36. The molecule has 38 heavy (non-hydrogen) atoms. The van der Waals surface area contributed by atoms with Gasteiger partial charge in [0.1, 0.15) is 29.7 Å². The van der Waals surface area contributed by atoms with Gasteiger partial charge in [-0.1, -0.05) is 6.07 Å². The SMILES string of the molecule is Cc1cc(-c2nc(Cc3ccc(N4CCC(N(C)C)CC4)c(F)c3)ncc2F)cc2c1OCCN2C(C)C. The second kappa shape index (κ2) is 10.8. The normalized spacial score (nSPS) is 16.2. The highest BCUT2D eigenvalue weighted by Gasteiger charge is 2.25. The first-order valence-corrected chi connectivity index (χ1v) is 13.5. The third-order valence-corrected chi connectivity index (χ3v) is 7.74. The molecule has 2 aliphatic rings. The van der Waals surface area contributed by atoms with Crippen LogP contribution in [0.3, 0.4) is 0 Å². The second-order valence-electron chi connectivity index (χ2n) is 10.9. The Morgan fingerprint density at radius 2 is 1.79 bits per heavy atom. The predicted molar refractivity (Wildman–Crippen MR) is 148 cm³/mol. The highest BCUT2D eigenvalue weighted by atomic mass is 19.1. The Morgan fingerprint density at radius 1 is 1.03 bits per heavy atom. The third-order valence-electron chi connectivity index (χ3n) is 7.74. The minimum Gasteiger partial charge on any atom is -0.489 e. The van der Waals surface area contributed by atoms with Crippen LogP contribution in [0, 0.1) is 18.6 Å². The zero-order valence-corrected chi connectivity index (χ0v) is 23.0. The third kappa shape index (κ3) is 5.32. The average molecular weight is 522 g/mol. The molecule has 0 N–H and O–H groups in total. The number of fused-ring (bicyclic) bond motifs is 1. The van der Waals surface area contributed by atoms with Crippen molar-refractivity contribution in [3.8, 4) is 17.0 Å². The van der Waals surface area contributed by atoms with Crippen molar-refractivity contribution in [3.05, 3.63) is 65.1 Å². The number of piperidine rings is 1. The first-order chi connectivity index (χ1) is 18.2. The summed E-state index contributed by atoms with van der Waals surface area (Å²) in [4.78, 5) is 15.4. The average Bonchev–Trinajstić information content (AvgIpc) is 2.89. The number of benzene rings is 2. The minimum atomic E-state index is -0.483. The summed E-state index contributed by atoms with van der Waals surface area (Å²) in [5.41, 5.74) is 4.21. The number of hydrogen-bond acceptors (Lipinski definition) is 6. The summed E-state index contributed by atoms with van der Waals surface area (Å²) in [6.45, 7) is 9.32. The quantitative estimate of drug-likeness (QED) is 0.429. The summed E-state index contributed by atoms with van der Waals surface area (Å²) in [5.74, 6) is 0.563. The van der Waals surface area contributed by atoms with Crippen molar-refractivity contribution in [1.82, 2.24) is 14.9 Å². The fraction of sp³-hybridized carbons (Fsp3) is 0.467. The molecule has 2 aromatic carbocycles. The van der Waals surface area contributed by atoms with E-state index in [1.54, 1.807) is 6.07 Å². The van der Waals surface area contributed by atoms with Crippen molar-refractivity contribution in [2.45, 2.75) is 52.1 Å². The fourth-order valence-corrected chi connectivity index (χ4v) is 5.61. The maximum absolute atomic E-state index is 15.1. The van der Waals surface area contributed by atoms with Gasteiger partial charge in [0, 0.05) is 37.2 Å². The van der Waals surface area contributed by atoms with Crippen LogP contribution < -0.4 is 14.5 Å². The van der Waals surface area contributed by atoms with E-state index < -0.39 is 5.82 Å². The van der Waals surface area contributed by atoms with Crippen molar-refractivity contribution in [2.24, 2.45) is 0 Å². The van der Waals surface area contributed by atoms with Crippen molar-refractivity contribution in [1.29, 1.82) is 0 Å². The lowest BCUT2D eigenvalue weighted by Crippen LogP contribution is -2.42. The molecule has 6 nitrogen and oxygen atoms in total. The Bertz CT molecular complexity index is 1300. The highest BCUT2D eigenvalue weighted by Crippen LogP contribution is 2.40. The standard InChI is InChI=1S/C30H37F2N5O/c1-19(2)37-12-13-38-30-20(3)14-22(17-27(30)37)29-25(32)18-33-28(34-29)16-21-6-7-26(24(31)15-21)36-10-8-23(9-11-36)35(4)5/h6-7,14-15,17-19,23H,8-13,16H2,1-5H3. The lowest BCUT2D eigenvalue weighted by molar-refractivity contribution is 0.249. The van der Waals surface area contributed by atoms with E-state index in [2.05, 4.69) is 52.6 Å². The zero-order valence-electron chi connectivity index (χ0n) is 23.0. The molecule has 0 atom stereocenters. The minimum absolute atomic E-state index is 0.243. The number of ether oxygens (including phenoxy) is 1. The molecule has 0 saturated carbocycles. The summed E-state index contributed by atoms with van der Waals surface area (Å²) >= 11 is 0. The van der Waals surface area contributed by atoms with E-state index >= 15 is 4.39 Å². The molecule has 0 unspecified atom stereocenters. The molecule has 5 rings (SSSR count). The molecule has 0 spiro atoms. The Hall–Kier alpha value is -3.26. The number of aryl methyl sites for hydroxylation is 1. The van der Waals surface area contributed by atoms with E-state index in [0.717, 1.165) is 55.0 Å². The summed E-state index contributed by atoms with van der Waals surface area (Å²) in [5, 5.41) is 0. The van der Waals surface area contributed by atoms with Gasteiger partial charge in [0.2, 0.25) is 0 Å². The molecule has 0 amide bonds. The number of aromatic nitrogens is 2. The molecule has 0 aliphatic carbocycles. The highest BCUT2D eigenvalue weighted by molar-refractivity contribution is 5.74. The number of rotatable bonds is 6. The Balaban J connectivity index is 1.38. The van der Waals surface area contributed by atoms with Crippen LogP contribution >= 0.6 is 0 Å². The molecule has 3 aromatic rings. The summed E-state index contributed by atoms with van der Waals surface area (Å²) in [6.07, 6.45) is 3.56. The molecular formula is C30H37F2N5O. The Kier molecular flexibility index (Phi) is 7.52. The molecule has 1 aromatic heterocycles. The van der Waals surface area contributed by atoms with Crippen LogP contribution in [-0.2, 0) is 6.42 Å². The van der Waals surface area contributed by atoms with Crippen LogP contribution in [0.2, 0.25) is 0 Å². The van der Waals surface area contributed by atoms with Crippen LogP contribution in [0.5, 0.6) is 5.75 Å². The lowest BCUT2D eigenvalue weighted by atomic mass is 10.0. The van der Waals surface area contributed by atoms with Crippen molar-refractivity contribution in [3.63, 3.8) is 0 Å². The molecule has 3 heterocycles. The van der Waals surface area contributed by atoms with Crippen LogP contribution in [-0.4, -0.2) is 67.3 Å². The van der Waals surface area contributed by atoms with Crippen LogP contribution in [0.25, 0.3) is 11.3 Å². The molecule has 8 heteroatoms. The van der Waals surface area contributed by atoms with Gasteiger partial charge >= 0.3 is 0 Å². The summed E-state index contributed by atoms with van der Waals surface area (Å²) < 4.78 is 36.0. The maximum atomic E-state index is 15.1. The number of hydrogen-bond donors (Lipinski definition) is 0. The van der Waals surface area contributed by atoms with Crippen LogP contribution in [0.4, 0.5) is 20.2 Å². The van der Waals surface area contributed by atoms with Gasteiger partial charge in [-0.3, -0.25) is 0 Å². The van der Waals surface area contributed by atoms with Crippen LogP contribution in [0.1, 0.15) is 43.6 Å². The predicted octanol–water partition coefficient (Wildman–Crippen LogP) is 5.46. The largest absolute Gasteiger partial charge is 0.489 e. The van der Waals surface area contributed by atoms with Crippen molar-refractivity contribution >= 4 is 11.4 Å². The number of anilines is 2. The van der Waals surface area contributed by atoms with Gasteiger partial charge in [-0.25, -0.2) is 18.7 Å². The van der Waals surface area contributed by atoms with Gasteiger partial charge in [0.25, 0.3) is 0 Å². The van der Waals surface area contributed by atoms with E-state index in [9.17, 15) is 4.39 Å².